The molecule has 7 heavy (non-hydrogen) atoms. The second kappa shape index (κ2) is 6.21. The third-order valence-corrected chi connectivity index (χ3v) is 0.324. The Morgan fingerprint density at radius 3 is 2.29 bits per heavy atom. The number of rotatable bonds is 0. The number of hydrogen-bond donors (Lipinski definition) is 0. The van der Waals surface area contributed by atoms with Gasteiger partial charge < -0.3 is 35.2 Å². The summed E-state index contributed by atoms with van der Waals surface area (Å²) in [6.07, 6.45) is 0. The smallest absolute Gasteiger partial charge is 0.433 e. The molecule has 0 aromatic heterocycles. The summed E-state index contributed by atoms with van der Waals surface area (Å²) in [5.74, 6) is 0. The van der Waals surface area contributed by atoms with E-state index < -0.39 is 0 Å². The van der Waals surface area contributed by atoms with Gasteiger partial charge in [0.1, 0.15) is 0 Å². The molecule has 0 heterocycles. The molecule has 0 aliphatic rings. The van der Waals surface area contributed by atoms with Crippen LogP contribution < -0.4 is 0 Å². The third-order valence-electron chi connectivity index (χ3n) is 0.141. The van der Waals surface area contributed by atoms with Gasteiger partial charge in [0.25, 0.3) is 0 Å². The van der Waals surface area contributed by atoms with Crippen molar-refractivity contribution in [1.29, 1.82) is 0 Å². The van der Waals surface area contributed by atoms with E-state index in [2.05, 4.69) is 29.8 Å². The van der Waals surface area contributed by atoms with Crippen LogP contribution in [0.2, 0.25) is 0 Å². The molecule has 0 aliphatic heterocycles. The molecule has 2 nitrogen and oxygen atoms in total. The van der Waals surface area contributed by atoms with Crippen LogP contribution in [0.1, 0.15) is 0 Å². The van der Waals surface area contributed by atoms with E-state index in [0.717, 1.165) is 0 Å². The molecule has 0 unspecified atom stereocenters. The van der Waals surface area contributed by atoms with E-state index in [-0.39, 0.29) is 21.4 Å². The maximum Gasteiger partial charge on any atom is 2.00 e. The largest absolute Gasteiger partial charge is 2.00 e. The first kappa shape index (κ1) is 10.2. The van der Waals surface area contributed by atoms with Gasteiger partial charge >= 0.3 is 17.1 Å². The van der Waals surface area contributed by atoms with Crippen LogP contribution in [0.4, 0.5) is 0 Å². The van der Waals surface area contributed by atoms with Crippen molar-refractivity contribution in [2.45, 2.75) is 0 Å². The Morgan fingerprint density at radius 2 is 2.29 bits per heavy atom. The molecule has 5 heteroatoms. The van der Waals surface area contributed by atoms with Crippen LogP contribution in [0, 0.1) is 0 Å². The summed E-state index contributed by atoms with van der Waals surface area (Å²) in [6.45, 7) is 0. The topological polar surface area (TPSA) is 34.7 Å². The van der Waals surface area contributed by atoms with Crippen LogP contribution in [0.5, 0.6) is 0 Å². The molecule has 0 amide bonds. The number of thiocarbonyl (C=S) groups is 1. The quantitative estimate of drug-likeness (QED) is 0.236. The van der Waals surface area contributed by atoms with Gasteiger partial charge in [0.05, 0.1) is 0 Å². The zero-order valence-corrected chi connectivity index (χ0v) is 5.59. The van der Waals surface area contributed by atoms with E-state index in [1.165, 1.54) is 6.01 Å². The minimum absolute atomic E-state index is 0. The van der Waals surface area contributed by atoms with Gasteiger partial charge in [-0.15, -0.1) is 4.32 Å². The molecular weight excluding hydrogens is 180 g/mol. The first-order valence-corrected chi connectivity index (χ1v) is 1.90. The van der Waals surface area contributed by atoms with Gasteiger partial charge in [0, 0.05) is 0 Å². The summed E-state index contributed by atoms with van der Waals surface area (Å²) < 4.78 is -0.0301. The zero-order chi connectivity index (χ0) is 4.99. The Bertz CT molecular complexity index is 106. The van der Waals surface area contributed by atoms with Crippen LogP contribution in [0.25, 0.3) is 5.41 Å². The fourth-order valence-electron chi connectivity index (χ4n) is 0.0408. The van der Waals surface area contributed by atoms with Crippen molar-refractivity contribution in [3.8, 4) is 0 Å². The van der Waals surface area contributed by atoms with Crippen molar-refractivity contribution in [3.05, 3.63) is 5.41 Å². The van der Waals surface area contributed by atoms with Crippen molar-refractivity contribution in [1.82, 2.24) is 0 Å². The number of aliphatic imine (C=N–C) groups is 1. The Labute approximate surface area is 62.8 Å². The van der Waals surface area contributed by atoms with Crippen molar-refractivity contribution in [3.63, 3.8) is 0 Å². The molecule has 0 N–H and O–H groups in total. The predicted octanol–water partition coefficient (Wildman–Crippen LogP) is 0.559. The van der Waals surface area contributed by atoms with Crippen LogP contribution >= 0.6 is 12.2 Å². The van der Waals surface area contributed by atoms with E-state index in [4.69, 9.17) is 5.41 Å². The normalized spacial score (nSPS) is 5.14. The van der Waals surface area contributed by atoms with Gasteiger partial charge in [0.2, 0.25) is 0 Å². The van der Waals surface area contributed by atoms with Gasteiger partial charge in [0.15, 0.2) is 0 Å². The molecule has 0 aromatic carbocycles. The minimum atomic E-state index is -0.0301. The molecule has 0 bridgehead atoms. The first-order valence-electron chi connectivity index (χ1n) is 1.08. The van der Waals surface area contributed by atoms with Gasteiger partial charge in [-0.25, -0.2) is 0 Å². The molecule has 0 aliphatic carbocycles. The van der Waals surface area contributed by atoms with Gasteiger partial charge in [-0.05, 0) is 0 Å². The average Bonchev–Trinajstić information content (AvgIpc) is 1.35. The van der Waals surface area contributed by atoms with Gasteiger partial charge in [-0.2, -0.15) is 6.01 Å². The predicted molar refractivity (Wildman–Crippen MR) is 30.8 cm³/mol. The Kier molecular flexibility index (Phi) is 9.09. The third kappa shape index (κ3) is 10.7. The van der Waals surface area contributed by atoms with Crippen LogP contribution in [0.15, 0.2) is 4.99 Å². The van der Waals surface area contributed by atoms with Crippen molar-refractivity contribution in [2.75, 3.05) is 0 Å². The van der Waals surface area contributed by atoms with Crippen molar-refractivity contribution >= 4 is 35.2 Å². The summed E-state index contributed by atoms with van der Waals surface area (Å²) in [5, 5.41) is 7.67. The monoisotopic (exact) mass is 179 g/mol. The molecular formula is C2CuN2S2. The fraction of sp³-hybridized carbons (Fsp3) is 0. The maximum atomic E-state index is 7.67. The average molecular weight is 180 g/mol. The molecule has 0 aromatic rings. The molecule has 0 rings (SSSR count). The van der Waals surface area contributed by atoms with E-state index in [0.29, 0.717) is 0 Å². The van der Waals surface area contributed by atoms with Crippen LogP contribution in [-0.4, -0.2) is 10.3 Å². The summed E-state index contributed by atoms with van der Waals surface area (Å²) in [5.41, 5.74) is 0. The molecule has 0 atom stereocenters. The minimum Gasteiger partial charge on any atom is -0.433 e. The molecule has 0 saturated heterocycles. The fourth-order valence-corrected chi connectivity index (χ4v) is 0.122. The van der Waals surface area contributed by atoms with Gasteiger partial charge in [-0.1, -0.05) is 0 Å². The van der Waals surface area contributed by atoms with E-state index in [1.807, 2.05) is 0 Å². The van der Waals surface area contributed by atoms with E-state index >= 15 is 0 Å². The van der Waals surface area contributed by atoms with Crippen molar-refractivity contribution < 1.29 is 17.1 Å². The molecule has 1 radical (unpaired) electrons. The van der Waals surface area contributed by atoms with Gasteiger partial charge in [-0.3, -0.25) is 0 Å². The second-order valence-electron chi connectivity index (χ2n) is 0.478. The molecule has 0 spiro atoms. The standard InChI is InChI=1S/C2HN2S2.Cu/c3-1-4-2(5)6;/h(H,5,6);/q-1;+2/p-1. The summed E-state index contributed by atoms with van der Waals surface area (Å²) in [6, 6.07) is 1.45. The van der Waals surface area contributed by atoms with E-state index in [1.54, 1.807) is 0 Å². The second-order valence-corrected chi connectivity index (χ2v) is 1.51. The number of hydrogen-bond acceptors (Lipinski definition) is 2. The Hall–Kier alpha value is 0.209. The summed E-state index contributed by atoms with van der Waals surface area (Å²) in [4.78, 5) is 2.98. The summed E-state index contributed by atoms with van der Waals surface area (Å²) >= 11 is 8.44. The molecule has 0 saturated carbocycles. The molecule has 41 valence electrons. The maximum absolute atomic E-state index is 7.67. The SMILES string of the molecule is [Cu+2].[N-]=C=NC(=S)[S-]. The van der Waals surface area contributed by atoms with E-state index in [9.17, 15) is 0 Å². The molecule has 0 fully saturated rings. The summed E-state index contributed by atoms with van der Waals surface area (Å²) in [7, 11) is 0. The first-order chi connectivity index (χ1) is 2.77. The Morgan fingerprint density at radius 1 is 1.86 bits per heavy atom. The Balaban J connectivity index is 0. The van der Waals surface area contributed by atoms with Crippen LogP contribution in [0.3, 0.4) is 0 Å². The van der Waals surface area contributed by atoms with Crippen LogP contribution in [-0.2, 0) is 29.7 Å². The van der Waals surface area contributed by atoms with Crippen molar-refractivity contribution in [2.24, 2.45) is 4.99 Å². The zero-order valence-electron chi connectivity index (χ0n) is 3.01. The number of nitrogens with zero attached hydrogens (tertiary/aromatic N) is 2.